The van der Waals surface area contributed by atoms with Gasteiger partial charge in [-0.3, -0.25) is 4.90 Å². The van der Waals surface area contributed by atoms with Crippen LogP contribution < -0.4 is 0 Å². The zero-order chi connectivity index (χ0) is 16.3. The molecule has 1 aromatic rings. The number of hydrogen-bond acceptors (Lipinski definition) is 5. The molecule has 1 atom stereocenters. The first-order valence-electron chi connectivity index (χ1n) is 8.55. The summed E-state index contributed by atoms with van der Waals surface area (Å²) in [5.41, 5.74) is 0. The molecule has 7 heteroatoms. The van der Waals surface area contributed by atoms with Gasteiger partial charge in [-0.2, -0.15) is 4.31 Å². The van der Waals surface area contributed by atoms with Crippen molar-refractivity contribution in [3.63, 3.8) is 0 Å². The molecular formula is C16H26N2O4S. The van der Waals surface area contributed by atoms with E-state index in [0.717, 1.165) is 38.6 Å². The molecule has 23 heavy (non-hydrogen) atoms. The molecule has 2 saturated heterocycles. The van der Waals surface area contributed by atoms with Crippen molar-refractivity contribution >= 4 is 10.0 Å². The Hall–Kier alpha value is -0.890. The van der Waals surface area contributed by atoms with Crippen LogP contribution in [0.4, 0.5) is 0 Å². The lowest BCUT2D eigenvalue weighted by atomic mass is 9.99. The molecule has 0 saturated carbocycles. The van der Waals surface area contributed by atoms with E-state index in [1.165, 1.54) is 10.7 Å². The standard InChI is InChI=1S/C16H26N2O4S/c19-12-8-14-5-1-2-9-17(14)13-15-6-7-16(22-15)23(20,21)18-10-3-4-11-18/h6-7,14,19H,1-5,8-13H2/t14-/m0/s1. The molecule has 6 nitrogen and oxygen atoms in total. The lowest BCUT2D eigenvalue weighted by molar-refractivity contribution is 0.103. The summed E-state index contributed by atoms with van der Waals surface area (Å²) in [6.45, 7) is 2.94. The van der Waals surface area contributed by atoms with Gasteiger partial charge in [-0.1, -0.05) is 6.42 Å². The van der Waals surface area contributed by atoms with E-state index in [0.29, 0.717) is 31.4 Å². The summed E-state index contributed by atoms with van der Waals surface area (Å²) in [6, 6.07) is 3.71. The molecular weight excluding hydrogens is 316 g/mol. The van der Waals surface area contributed by atoms with Crippen LogP contribution in [-0.2, 0) is 16.6 Å². The Bertz CT molecular complexity index is 605. The van der Waals surface area contributed by atoms with Gasteiger partial charge >= 0.3 is 0 Å². The van der Waals surface area contributed by atoms with Crippen LogP contribution in [0.5, 0.6) is 0 Å². The number of hydrogen-bond donors (Lipinski definition) is 1. The minimum atomic E-state index is -3.47. The lowest BCUT2D eigenvalue weighted by Crippen LogP contribution is -2.39. The number of aliphatic hydroxyl groups excluding tert-OH is 1. The zero-order valence-electron chi connectivity index (χ0n) is 13.5. The van der Waals surface area contributed by atoms with Crippen LogP contribution >= 0.6 is 0 Å². The first-order valence-corrected chi connectivity index (χ1v) is 9.99. The Morgan fingerprint density at radius 2 is 1.87 bits per heavy atom. The second-order valence-corrected chi connectivity index (χ2v) is 8.33. The van der Waals surface area contributed by atoms with Gasteiger partial charge in [0.05, 0.1) is 6.54 Å². The van der Waals surface area contributed by atoms with Crippen LogP contribution in [0.25, 0.3) is 0 Å². The highest BCUT2D eigenvalue weighted by Crippen LogP contribution is 2.26. The first kappa shape index (κ1) is 17.0. The topological polar surface area (TPSA) is 74.0 Å². The van der Waals surface area contributed by atoms with E-state index in [-0.39, 0.29) is 11.7 Å². The maximum atomic E-state index is 12.5. The molecule has 0 amide bonds. The van der Waals surface area contributed by atoms with E-state index in [2.05, 4.69) is 4.90 Å². The van der Waals surface area contributed by atoms with Crippen LogP contribution in [0.3, 0.4) is 0 Å². The number of sulfonamides is 1. The van der Waals surface area contributed by atoms with E-state index in [9.17, 15) is 13.5 Å². The van der Waals surface area contributed by atoms with Crippen molar-refractivity contribution in [1.29, 1.82) is 0 Å². The van der Waals surface area contributed by atoms with Crippen molar-refractivity contribution in [2.45, 2.75) is 56.2 Å². The zero-order valence-corrected chi connectivity index (χ0v) is 14.3. The van der Waals surface area contributed by atoms with Crippen LogP contribution in [0, 0.1) is 0 Å². The van der Waals surface area contributed by atoms with E-state index >= 15 is 0 Å². The highest BCUT2D eigenvalue weighted by molar-refractivity contribution is 7.89. The van der Waals surface area contributed by atoms with Crippen LogP contribution in [0.15, 0.2) is 21.6 Å². The van der Waals surface area contributed by atoms with Gasteiger partial charge in [0.2, 0.25) is 5.09 Å². The van der Waals surface area contributed by atoms with Crippen LogP contribution in [0.2, 0.25) is 0 Å². The van der Waals surface area contributed by atoms with Gasteiger partial charge in [-0.15, -0.1) is 0 Å². The predicted octanol–water partition coefficient (Wildman–Crippen LogP) is 1.80. The minimum absolute atomic E-state index is 0.0603. The molecule has 1 aromatic heterocycles. The van der Waals surface area contributed by atoms with Gasteiger partial charge in [0.1, 0.15) is 5.76 Å². The van der Waals surface area contributed by atoms with Gasteiger partial charge in [0.25, 0.3) is 10.0 Å². The van der Waals surface area contributed by atoms with Gasteiger partial charge in [-0.25, -0.2) is 8.42 Å². The molecule has 0 radical (unpaired) electrons. The Morgan fingerprint density at radius 1 is 1.13 bits per heavy atom. The fourth-order valence-corrected chi connectivity index (χ4v) is 5.03. The molecule has 0 aliphatic carbocycles. The van der Waals surface area contributed by atoms with Crippen molar-refractivity contribution in [3.8, 4) is 0 Å². The predicted molar refractivity (Wildman–Crippen MR) is 86.5 cm³/mol. The smallest absolute Gasteiger partial charge is 0.276 e. The number of rotatable bonds is 6. The highest BCUT2D eigenvalue weighted by atomic mass is 32.2. The first-order chi connectivity index (χ1) is 11.1. The molecule has 3 heterocycles. The van der Waals surface area contributed by atoms with E-state index < -0.39 is 10.0 Å². The summed E-state index contributed by atoms with van der Waals surface area (Å²) in [6.07, 6.45) is 6.02. The summed E-state index contributed by atoms with van der Waals surface area (Å²) in [7, 11) is -3.47. The number of likely N-dealkylation sites (tertiary alicyclic amines) is 1. The average molecular weight is 342 g/mol. The normalized spacial score (nSPS) is 24.3. The molecule has 0 spiro atoms. The van der Waals surface area contributed by atoms with Crippen molar-refractivity contribution in [2.75, 3.05) is 26.2 Å². The number of aliphatic hydroxyl groups is 1. The van der Waals surface area contributed by atoms with Gasteiger partial charge in [0, 0.05) is 25.7 Å². The van der Waals surface area contributed by atoms with Crippen molar-refractivity contribution in [2.24, 2.45) is 0 Å². The minimum Gasteiger partial charge on any atom is -0.447 e. The fraction of sp³-hybridized carbons (Fsp3) is 0.750. The Kier molecular flexibility index (Phi) is 5.41. The maximum Gasteiger partial charge on any atom is 0.276 e. The fourth-order valence-electron chi connectivity index (χ4n) is 3.58. The van der Waals surface area contributed by atoms with E-state index in [4.69, 9.17) is 4.42 Å². The van der Waals surface area contributed by atoms with E-state index in [1.807, 2.05) is 0 Å². The summed E-state index contributed by atoms with van der Waals surface area (Å²) in [5, 5.41) is 9.26. The van der Waals surface area contributed by atoms with Gasteiger partial charge in [0.15, 0.2) is 0 Å². The third kappa shape index (κ3) is 3.79. The van der Waals surface area contributed by atoms with E-state index in [1.54, 1.807) is 12.1 Å². The summed E-state index contributed by atoms with van der Waals surface area (Å²) >= 11 is 0. The molecule has 0 bridgehead atoms. The summed E-state index contributed by atoms with van der Waals surface area (Å²) in [5.74, 6) is 0.688. The Labute approximate surface area is 138 Å². The number of nitrogens with zero attached hydrogens (tertiary/aromatic N) is 2. The average Bonchev–Trinajstić information content (AvgIpc) is 3.21. The van der Waals surface area contributed by atoms with Crippen molar-refractivity contribution in [1.82, 2.24) is 9.21 Å². The highest BCUT2D eigenvalue weighted by Gasteiger charge is 2.30. The Balaban J connectivity index is 1.69. The van der Waals surface area contributed by atoms with Crippen LogP contribution in [-0.4, -0.2) is 55.0 Å². The van der Waals surface area contributed by atoms with Gasteiger partial charge in [-0.05, 0) is 50.8 Å². The largest absolute Gasteiger partial charge is 0.447 e. The van der Waals surface area contributed by atoms with Gasteiger partial charge < -0.3 is 9.52 Å². The van der Waals surface area contributed by atoms with Crippen molar-refractivity contribution in [3.05, 3.63) is 17.9 Å². The molecule has 2 fully saturated rings. The second-order valence-electron chi connectivity index (χ2n) is 6.46. The maximum absolute atomic E-state index is 12.5. The molecule has 130 valence electrons. The monoisotopic (exact) mass is 342 g/mol. The quantitative estimate of drug-likeness (QED) is 0.853. The van der Waals surface area contributed by atoms with Crippen LogP contribution in [0.1, 0.15) is 44.3 Å². The summed E-state index contributed by atoms with van der Waals surface area (Å²) < 4.78 is 32.1. The summed E-state index contributed by atoms with van der Waals surface area (Å²) in [4.78, 5) is 2.30. The number of furan rings is 1. The van der Waals surface area contributed by atoms with Crippen molar-refractivity contribution < 1.29 is 17.9 Å². The molecule has 2 aliphatic rings. The lowest BCUT2D eigenvalue weighted by Gasteiger charge is -2.34. The third-order valence-corrected chi connectivity index (χ3v) is 6.64. The molecule has 1 N–H and O–H groups in total. The molecule has 3 rings (SSSR count). The molecule has 2 aliphatic heterocycles. The SMILES string of the molecule is O=S(=O)(c1ccc(CN2CCCC[C@H]2CCO)o1)N1CCCC1. The number of piperidine rings is 1. The molecule has 0 unspecified atom stereocenters. The third-order valence-electron chi connectivity index (χ3n) is 4.87. The second kappa shape index (κ2) is 7.34. The Morgan fingerprint density at radius 3 is 2.61 bits per heavy atom. The molecule has 0 aromatic carbocycles.